The van der Waals surface area contributed by atoms with E-state index in [1.807, 2.05) is 25.4 Å². The van der Waals surface area contributed by atoms with Crippen LogP contribution in [-0.4, -0.2) is 26.4 Å². The van der Waals surface area contributed by atoms with Crippen LogP contribution >= 0.6 is 11.6 Å². The first kappa shape index (κ1) is 12.5. The van der Waals surface area contributed by atoms with Crippen molar-refractivity contribution in [1.29, 1.82) is 0 Å². The maximum atomic E-state index is 6.17. The van der Waals surface area contributed by atoms with Crippen molar-refractivity contribution in [3.05, 3.63) is 52.3 Å². The molecule has 0 radical (unpaired) electrons. The number of pyridine rings is 1. The first-order chi connectivity index (χ1) is 9.22. The van der Waals surface area contributed by atoms with Gasteiger partial charge in [0, 0.05) is 66.5 Å². The molecule has 4 nitrogen and oxygen atoms in total. The van der Waals surface area contributed by atoms with Crippen LogP contribution in [0.2, 0.25) is 5.02 Å². The zero-order valence-corrected chi connectivity index (χ0v) is 11.6. The molecule has 0 aromatic carbocycles. The normalized spacial score (nSPS) is 15.3. The summed E-state index contributed by atoms with van der Waals surface area (Å²) < 4.78 is 0. The molecule has 0 N–H and O–H groups in total. The van der Waals surface area contributed by atoms with E-state index in [0.29, 0.717) is 0 Å². The fourth-order valence-electron chi connectivity index (χ4n) is 2.38. The van der Waals surface area contributed by atoms with Crippen LogP contribution in [-0.2, 0) is 19.5 Å². The Bertz CT molecular complexity index is 600. The minimum atomic E-state index is 0.779. The number of fused-ring (bicyclic) bond motifs is 1. The van der Waals surface area contributed by atoms with E-state index < -0.39 is 0 Å². The summed E-state index contributed by atoms with van der Waals surface area (Å²) in [5, 5.41) is 0.779. The SMILES string of the molecule is Cc1ncc2c(n1)CCN(Cc1cnccc1Cl)C2. The third-order valence-electron chi connectivity index (χ3n) is 3.37. The van der Waals surface area contributed by atoms with E-state index in [9.17, 15) is 0 Å². The number of halogens is 1. The van der Waals surface area contributed by atoms with Crippen molar-refractivity contribution in [2.45, 2.75) is 26.4 Å². The van der Waals surface area contributed by atoms with E-state index in [4.69, 9.17) is 11.6 Å². The summed E-state index contributed by atoms with van der Waals surface area (Å²) in [5.41, 5.74) is 3.47. The van der Waals surface area contributed by atoms with Gasteiger partial charge in [0.15, 0.2) is 0 Å². The van der Waals surface area contributed by atoms with E-state index in [0.717, 1.165) is 42.5 Å². The van der Waals surface area contributed by atoms with Crippen molar-refractivity contribution in [3.8, 4) is 0 Å². The Morgan fingerprint density at radius 2 is 2.26 bits per heavy atom. The highest BCUT2D eigenvalue weighted by molar-refractivity contribution is 6.31. The first-order valence-electron chi connectivity index (χ1n) is 6.34. The smallest absolute Gasteiger partial charge is 0.125 e. The lowest BCUT2D eigenvalue weighted by Crippen LogP contribution is -2.31. The summed E-state index contributed by atoms with van der Waals surface area (Å²) in [6.45, 7) is 4.62. The molecule has 0 amide bonds. The van der Waals surface area contributed by atoms with Crippen LogP contribution in [0, 0.1) is 6.92 Å². The Balaban J connectivity index is 1.76. The van der Waals surface area contributed by atoms with Crippen LogP contribution in [0.15, 0.2) is 24.7 Å². The average molecular weight is 275 g/mol. The lowest BCUT2D eigenvalue weighted by Gasteiger charge is -2.28. The predicted octanol–water partition coefficient (Wildman–Crippen LogP) is 2.39. The first-order valence-corrected chi connectivity index (χ1v) is 6.72. The molecule has 1 aliphatic rings. The van der Waals surface area contributed by atoms with Gasteiger partial charge in [-0.05, 0) is 13.0 Å². The van der Waals surface area contributed by atoms with E-state index >= 15 is 0 Å². The molecule has 0 aliphatic carbocycles. The lowest BCUT2D eigenvalue weighted by molar-refractivity contribution is 0.242. The van der Waals surface area contributed by atoms with Crippen LogP contribution in [0.25, 0.3) is 0 Å². The molecule has 3 rings (SSSR count). The molecular weight excluding hydrogens is 260 g/mol. The molecule has 19 heavy (non-hydrogen) atoms. The van der Waals surface area contributed by atoms with Crippen molar-refractivity contribution in [1.82, 2.24) is 19.9 Å². The van der Waals surface area contributed by atoms with Gasteiger partial charge in [-0.3, -0.25) is 9.88 Å². The molecule has 1 aliphatic heterocycles. The molecule has 0 unspecified atom stereocenters. The molecule has 0 saturated carbocycles. The van der Waals surface area contributed by atoms with E-state index in [-0.39, 0.29) is 0 Å². The van der Waals surface area contributed by atoms with Crippen LogP contribution in [0.4, 0.5) is 0 Å². The Morgan fingerprint density at radius 3 is 3.11 bits per heavy atom. The predicted molar refractivity (Wildman–Crippen MR) is 73.8 cm³/mol. The number of nitrogens with zero attached hydrogens (tertiary/aromatic N) is 4. The molecule has 3 heterocycles. The van der Waals surface area contributed by atoms with Gasteiger partial charge in [-0.2, -0.15) is 0 Å². The fourth-order valence-corrected chi connectivity index (χ4v) is 2.54. The standard InChI is InChI=1S/C14H15ClN4/c1-10-17-7-12-9-19(5-3-14(12)18-10)8-11-6-16-4-2-13(11)15/h2,4,6-7H,3,5,8-9H2,1H3. The molecule has 0 fully saturated rings. The average Bonchev–Trinajstić information content (AvgIpc) is 2.41. The Kier molecular flexibility index (Phi) is 3.44. The van der Waals surface area contributed by atoms with Gasteiger partial charge in [0.05, 0.1) is 0 Å². The third kappa shape index (κ3) is 2.74. The maximum Gasteiger partial charge on any atom is 0.125 e. The number of aromatic nitrogens is 3. The quantitative estimate of drug-likeness (QED) is 0.843. The highest BCUT2D eigenvalue weighted by Gasteiger charge is 2.18. The largest absolute Gasteiger partial charge is 0.294 e. The highest BCUT2D eigenvalue weighted by atomic mass is 35.5. The van der Waals surface area contributed by atoms with Crippen molar-refractivity contribution in [3.63, 3.8) is 0 Å². The third-order valence-corrected chi connectivity index (χ3v) is 3.74. The van der Waals surface area contributed by atoms with Gasteiger partial charge >= 0.3 is 0 Å². The van der Waals surface area contributed by atoms with E-state index in [1.54, 1.807) is 6.20 Å². The Labute approximate surface area is 117 Å². The minimum absolute atomic E-state index is 0.779. The summed E-state index contributed by atoms with van der Waals surface area (Å²) in [5.74, 6) is 0.850. The number of rotatable bonds is 2. The molecule has 2 aromatic rings. The number of aryl methyl sites for hydroxylation is 1. The summed E-state index contributed by atoms with van der Waals surface area (Å²) in [4.78, 5) is 15.3. The monoisotopic (exact) mass is 274 g/mol. The molecular formula is C14H15ClN4. The summed E-state index contributed by atoms with van der Waals surface area (Å²) >= 11 is 6.17. The molecule has 5 heteroatoms. The molecule has 0 atom stereocenters. The van der Waals surface area contributed by atoms with Crippen molar-refractivity contribution >= 4 is 11.6 Å². The van der Waals surface area contributed by atoms with Gasteiger partial charge < -0.3 is 0 Å². The van der Waals surface area contributed by atoms with Crippen molar-refractivity contribution in [2.75, 3.05) is 6.54 Å². The molecule has 2 aromatic heterocycles. The highest BCUT2D eigenvalue weighted by Crippen LogP contribution is 2.21. The number of hydrogen-bond acceptors (Lipinski definition) is 4. The van der Waals surface area contributed by atoms with Crippen LogP contribution < -0.4 is 0 Å². The van der Waals surface area contributed by atoms with Gasteiger partial charge in [-0.1, -0.05) is 11.6 Å². The van der Waals surface area contributed by atoms with Gasteiger partial charge in [-0.15, -0.1) is 0 Å². The van der Waals surface area contributed by atoms with E-state index in [2.05, 4.69) is 19.9 Å². The second kappa shape index (κ2) is 5.23. The van der Waals surface area contributed by atoms with E-state index in [1.165, 1.54) is 11.3 Å². The van der Waals surface area contributed by atoms with Gasteiger partial charge in [-0.25, -0.2) is 9.97 Å². The second-order valence-electron chi connectivity index (χ2n) is 4.82. The van der Waals surface area contributed by atoms with Gasteiger partial charge in [0.25, 0.3) is 0 Å². The van der Waals surface area contributed by atoms with Crippen LogP contribution in [0.3, 0.4) is 0 Å². The van der Waals surface area contributed by atoms with Gasteiger partial charge in [0.1, 0.15) is 5.82 Å². The van der Waals surface area contributed by atoms with Crippen molar-refractivity contribution < 1.29 is 0 Å². The van der Waals surface area contributed by atoms with Crippen LogP contribution in [0.5, 0.6) is 0 Å². The number of hydrogen-bond donors (Lipinski definition) is 0. The zero-order valence-electron chi connectivity index (χ0n) is 10.8. The minimum Gasteiger partial charge on any atom is -0.294 e. The molecule has 0 bridgehead atoms. The summed E-state index contributed by atoms with van der Waals surface area (Å²) in [6.07, 6.45) is 6.46. The fraction of sp³-hybridized carbons (Fsp3) is 0.357. The Morgan fingerprint density at radius 1 is 1.37 bits per heavy atom. The molecule has 0 spiro atoms. The Hall–Kier alpha value is -1.52. The topological polar surface area (TPSA) is 41.9 Å². The molecule has 0 saturated heterocycles. The van der Waals surface area contributed by atoms with Crippen molar-refractivity contribution in [2.24, 2.45) is 0 Å². The van der Waals surface area contributed by atoms with Crippen LogP contribution in [0.1, 0.15) is 22.6 Å². The summed E-state index contributed by atoms with van der Waals surface area (Å²) in [7, 11) is 0. The lowest BCUT2D eigenvalue weighted by atomic mass is 10.1. The van der Waals surface area contributed by atoms with Gasteiger partial charge in [0.2, 0.25) is 0 Å². The second-order valence-corrected chi connectivity index (χ2v) is 5.22. The summed E-state index contributed by atoms with van der Waals surface area (Å²) in [6, 6.07) is 1.83. The maximum absolute atomic E-state index is 6.17. The zero-order chi connectivity index (χ0) is 13.2. The molecule has 98 valence electrons.